The van der Waals surface area contributed by atoms with Gasteiger partial charge in [-0.15, -0.1) is 11.3 Å². The molecule has 3 aromatic carbocycles. The summed E-state index contributed by atoms with van der Waals surface area (Å²) in [6.07, 6.45) is 0. The summed E-state index contributed by atoms with van der Waals surface area (Å²) in [5.41, 5.74) is 4.80. The van der Waals surface area contributed by atoms with Crippen molar-refractivity contribution in [2.75, 3.05) is 31.2 Å². The fourth-order valence-electron chi connectivity index (χ4n) is 4.79. The number of imide groups is 1. The first-order valence-electron chi connectivity index (χ1n) is 12.2. The molecule has 184 valence electrons. The normalized spacial score (nSPS) is 15.2. The molecule has 1 saturated heterocycles. The van der Waals surface area contributed by atoms with Gasteiger partial charge in [0, 0.05) is 30.1 Å². The number of fused-ring (bicyclic) bond motifs is 1. The molecule has 4 aromatic rings. The maximum Gasteiger partial charge on any atom is 0.261 e. The highest BCUT2D eigenvalue weighted by Crippen LogP contribution is 2.32. The lowest BCUT2D eigenvalue weighted by Crippen LogP contribution is -2.36. The van der Waals surface area contributed by atoms with E-state index in [4.69, 9.17) is 4.74 Å². The number of hydrogen-bond acceptors (Lipinski definition) is 6. The first-order chi connectivity index (χ1) is 18.1. The van der Waals surface area contributed by atoms with Crippen molar-refractivity contribution in [3.63, 3.8) is 0 Å². The SMILES string of the molecule is O=C1c2ccccc2C(=O)N1Cc1cccc(-c2ccc(-c3cc(=O)cc(N4CCOCC4)s3)cc2)c1. The summed E-state index contributed by atoms with van der Waals surface area (Å²) in [5.74, 6) is -0.512. The lowest BCUT2D eigenvalue weighted by molar-refractivity contribution is 0.0642. The summed E-state index contributed by atoms with van der Waals surface area (Å²) in [6, 6.07) is 26.3. The number of amides is 2. The van der Waals surface area contributed by atoms with Crippen LogP contribution in [0, 0.1) is 0 Å². The van der Waals surface area contributed by atoms with Crippen molar-refractivity contribution in [2.45, 2.75) is 6.54 Å². The molecule has 3 heterocycles. The molecule has 0 N–H and O–H groups in total. The minimum atomic E-state index is -0.256. The predicted octanol–water partition coefficient (Wildman–Crippen LogP) is 5.08. The molecule has 0 bridgehead atoms. The van der Waals surface area contributed by atoms with Crippen molar-refractivity contribution in [3.05, 3.63) is 112 Å². The second-order valence-electron chi connectivity index (χ2n) is 9.11. The molecule has 1 aromatic heterocycles. The third-order valence-corrected chi connectivity index (χ3v) is 7.88. The van der Waals surface area contributed by atoms with Crippen molar-refractivity contribution in [1.29, 1.82) is 0 Å². The minimum absolute atomic E-state index is 0.000164. The number of benzene rings is 3. The maximum atomic E-state index is 12.8. The highest BCUT2D eigenvalue weighted by Gasteiger charge is 2.34. The van der Waals surface area contributed by atoms with Crippen LogP contribution in [0.2, 0.25) is 0 Å². The number of morpholine rings is 1. The zero-order valence-electron chi connectivity index (χ0n) is 20.1. The minimum Gasteiger partial charge on any atom is -0.378 e. The van der Waals surface area contributed by atoms with Crippen LogP contribution in [-0.4, -0.2) is 43.0 Å². The Kier molecular flexibility index (Phi) is 6.16. The molecule has 1 fully saturated rings. The van der Waals surface area contributed by atoms with Gasteiger partial charge in [0.1, 0.15) is 0 Å². The molecular formula is C30H24N2O4S. The van der Waals surface area contributed by atoms with Gasteiger partial charge in [-0.1, -0.05) is 54.6 Å². The van der Waals surface area contributed by atoms with E-state index in [0.717, 1.165) is 45.2 Å². The third kappa shape index (κ3) is 4.59. The quantitative estimate of drug-likeness (QED) is 0.352. The van der Waals surface area contributed by atoms with Crippen LogP contribution in [0.3, 0.4) is 0 Å². The number of carbonyl (C=O) groups is 2. The smallest absolute Gasteiger partial charge is 0.261 e. The van der Waals surface area contributed by atoms with Crippen LogP contribution in [0.5, 0.6) is 0 Å². The molecule has 0 spiro atoms. The number of anilines is 1. The lowest BCUT2D eigenvalue weighted by Gasteiger charge is -2.28. The summed E-state index contributed by atoms with van der Waals surface area (Å²) in [7, 11) is 0. The van der Waals surface area contributed by atoms with Gasteiger partial charge in [-0.3, -0.25) is 19.3 Å². The molecular weight excluding hydrogens is 484 g/mol. The van der Waals surface area contributed by atoms with Crippen molar-refractivity contribution < 1.29 is 14.3 Å². The van der Waals surface area contributed by atoms with E-state index in [2.05, 4.69) is 4.90 Å². The molecule has 7 heteroatoms. The lowest BCUT2D eigenvalue weighted by atomic mass is 10.0. The zero-order chi connectivity index (χ0) is 25.4. The number of ether oxygens (including phenoxy) is 1. The van der Waals surface area contributed by atoms with E-state index >= 15 is 0 Å². The summed E-state index contributed by atoms with van der Waals surface area (Å²) in [6.45, 7) is 3.14. The van der Waals surface area contributed by atoms with E-state index in [1.54, 1.807) is 47.7 Å². The molecule has 2 aliphatic rings. The van der Waals surface area contributed by atoms with Crippen molar-refractivity contribution >= 4 is 28.2 Å². The molecule has 0 saturated carbocycles. The van der Waals surface area contributed by atoms with Gasteiger partial charge in [-0.25, -0.2) is 0 Å². The average molecular weight is 509 g/mol. The molecule has 2 amide bonds. The van der Waals surface area contributed by atoms with Crippen LogP contribution < -0.4 is 10.3 Å². The van der Waals surface area contributed by atoms with Gasteiger partial charge >= 0.3 is 0 Å². The summed E-state index contributed by atoms with van der Waals surface area (Å²) in [4.78, 5) is 42.4. The van der Waals surface area contributed by atoms with Gasteiger partial charge < -0.3 is 9.64 Å². The third-order valence-electron chi connectivity index (χ3n) is 6.72. The Bertz CT molecular complexity index is 1520. The van der Waals surface area contributed by atoms with E-state index in [-0.39, 0.29) is 23.8 Å². The van der Waals surface area contributed by atoms with Crippen LogP contribution in [-0.2, 0) is 11.3 Å². The second kappa shape index (κ2) is 9.76. The Labute approximate surface area is 218 Å². The summed E-state index contributed by atoms with van der Waals surface area (Å²) in [5, 5.41) is 0.968. The van der Waals surface area contributed by atoms with Gasteiger partial charge in [0.2, 0.25) is 0 Å². The summed E-state index contributed by atoms with van der Waals surface area (Å²) < 4.78 is 5.44. The molecule has 0 aliphatic carbocycles. The molecule has 0 atom stereocenters. The van der Waals surface area contributed by atoms with Crippen LogP contribution in [0.25, 0.3) is 21.6 Å². The fourth-order valence-corrected chi connectivity index (χ4v) is 5.93. The van der Waals surface area contributed by atoms with Gasteiger partial charge in [0.15, 0.2) is 5.43 Å². The van der Waals surface area contributed by atoms with Crippen molar-refractivity contribution in [2.24, 2.45) is 0 Å². The Morgan fingerprint density at radius 2 is 1.38 bits per heavy atom. The van der Waals surface area contributed by atoms with E-state index in [1.807, 2.05) is 48.5 Å². The first-order valence-corrected chi connectivity index (χ1v) is 13.0. The van der Waals surface area contributed by atoms with Gasteiger partial charge in [0.05, 0.1) is 35.9 Å². The Hall–Kier alpha value is -4.07. The van der Waals surface area contributed by atoms with Gasteiger partial charge in [-0.05, 0) is 40.5 Å². The van der Waals surface area contributed by atoms with Crippen molar-refractivity contribution in [1.82, 2.24) is 4.90 Å². The van der Waals surface area contributed by atoms with Crippen LogP contribution in [0.15, 0.2) is 89.7 Å². The van der Waals surface area contributed by atoms with Crippen LogP contribution >= 0.6 is 11.3 Å². The highest BCUT2D eigenvalue weighted by molar-refractivity contribution is 7.19. The van der Waals surface area contributed by atoms with Crippen molar-refractivity contribution in [3.8, 4) is 21.6 Å². The number of carbonyl (C=O) groups excluding carboxylic acids is 2. The molecule has 0 radical (unpaired) electrons. The Morgan fingerprint density at radius 3 is 2.08 bits per heavy atom. The largest absolute Gasteiger partial charge is 0.378 e. The topological polar surface area (TPSA) is 66.9 Å². The van der Waals surface area contributed by atoms with E-state index in [0.29, 0.717) is 24.3 Å². The molecule has 2 aliphatic heterocycles. The van der Waals surface area contributed by atoms with E-state index in [1.165, 1.54) is 4.90 Å². The maximum absolute atomic E-state index is 12.8. The standard InChI is InChI=1S/C30H24N2O4S/c33-24-17-27(37-28(18-24)31-12-14-36-15-13-31)22-10-8-21(9-11-22)23-5-3-4-20(16-23)19-32-29(34)25-6-1-2-7-26(25)30(32)35/h1-11,16-18H,12-15,19H2. The number of hydrogen-bond donors (Lipinski definition) is 0. The fraction of sp³-hybridized carbons (Fsp3) is 0.167. The average Bonchev–Trinajstić information content (AvgIpc) is 3.18. The molecule has 37 heavy (non-hydrogen) atoms. The first kappa shape index (κ1) is 23.3. The number of nitrogens with zero attached hydrogens (tertiary/aromatic N) is 2. The Balaban J connectivity index is 1.22. The van der Waals surface area contributed by atoms with Crippen LogP contribution in [0.4, 0.5) is 5.00 Å². The Morgan fingerprint density at radius 1 is 0.703 bits per heavy atom. The van der Waals surface area contributed by atoms with E-state index < -0.39 is 0 Å². The van der Waals surface area contributed by atoms with Crippen LogP contribution in [0.1, 0.15) is 26.3 Å². The zero-order valence-corrected chi connectivity index (χ0v) is 20.9. The molecule has 6 rings (SSSR count). The monoisotopic (exact) mass is 508 g/mol. The molecule has 0 unspecified atom stereocenters. The summed E-state index contributed by atoms with van der Waals surface area (Å²) >= 11 is 1.61. The highest BCUT2D eigenvalue weighted by atomic mass is 32.1. The van der Waals surface area contributed by atoms with Gasteiger partial charge in [-0.2, -0.15) is 0 Å². The second-order valence-corrected chi connectivity index (χ2v) is 10.2. The van der Waals surface area contributed by atoms with E-state index in [9.17, 15) is 14.4 Å². The van der Waals surface area contributed by atoms with Gasteiger partial charge in [0.25, 0.3) is 11.8 Å². The number of rotatable bonds is 5. The molecule has 6 nitrogen and oxygen atoms in total. The predicted molar refractivity (Wildman–Crippen MR) is 145 cm³/mol.